The third-order valence-corrected chi connectivity index (χ3v) is 4.84. The van der Waals surface area contributed by atoms with E-state index in [9.17, 15) is 9.59 Å². The normalized spacial score (nSPS) is 19.3. The summed E-state index contributed by atoms with van der Waals surface area (Å²) in [5.74, 6) is 0.138. The van der Waals surface area contributed by atoms with Crippen molar-refractivity contribution in [3.63, 3.8) is 0 Å². The molecule has 1 saturated heterocycles. The van der Waals surface area contributed by atoms with Crippen LogP contribution in [0.2, 0.25) is 0 Å². The van der Waals surface area contributed by atoms with Crippen LogP contribution in [0.15, 0.2) is 0 Å². The minimum Gasteiger partial charge on any atom is -0.444 e. The Kier molecular flexibility index (Phi) is 9.53. The van der Waals surface area contributed by atoms with Crippen LogP contribution in [0.25, 0.3) is 0 Å². The number of nitrogens with zero attached hydrogens (tertiary/aromatic N) is 1. The lowest BCUT2D eigenvalue weighted by molar-refractivity contribution is -0.125. The minimum absolute atomic E-state index is 0.0299. The van der Waals surface area contributed by atoms with Crippen LogP contribution in [0.4, 0.5) is 4.79 Å². The molecule has 1 aliphatic rings. The molecule has 2 amide bonds. The fourth-order valence-electron chi connectivity index (χ4n) is 2.96. The quantitative estimate of drug-likeness (QED) is 0.671. The highest BCUT2D eigenvalue weighted by molar-refractivity contribution is 5.86. The van der Waals surface area contributed by atoms with Gasteiger partial charge in [0.1, 0.15) is 11.6 Å². The van der Waals surface area contributed by atoms with E-state index in [1.165, 1.54) is 0 Å². The average Bonchev–Trinajstić information content (AvgIpc) is 2.57. The molecule has 0 aromatic rings. The van der Waals surface area contributed by atoms with Crippen molar-refractivity contribution in [2.75, 3.05) is 32.8 Å². The summed E-state index contributed by atoms with van der Waals surface area (Å²) in [4.78, 5) is 27.4. The number of ether oxygens (including phenoxy) is 2. The summed E-state index contributed by atoms with van der Waals surface area (Å²) in [7, 11) is 0. The monoisotopic (exact) mass is 385 g/mol. The Hall–Kier alpha value is -1.34. The van der Waals surface area contributed by atoms with Gasteiger partial charge in [0.15, 0.2) is 0 Å². The van der Waals surface area contributed by atoms with Gasteiger partial charge in [-0.25, -0.2) is 4.79 Å². The predicted octanol–water partition coefficient (Wildman–Crippen LogP) is 2.40. The van der Waals surface area contributed by atoms with E-state index in [2.05, 4.69) is 29.4 Å². The van der Waals surface area contributed by atoms with Crippen molar-refractivity contribution < 1.29 is 19.1 Å². The lowest BCUT2D eigenvalue weighted by Crippen LogP contribution is -2.56. The van der Waals surface area contributed by atoms with Crippen LogP contribution in [0.1, 0.15) is 54.9 Å². The van der Waals surface area contributed by atoms with E-state index in [0.29, 0.717) is 5.92 Å². The highest BCUT2D eigenvalue weighted by atomic mass is 16.6. The molecule has 0 aromatic carbocycles. The van der Waals surface area contributed by atoms with Crippen molar-refractivity contribution in [2.45, 2.75) is 72.6 Å². The molecule has 0 aliphatic carbocycles. The zero-order valence-electron chi connectivity index (χ0n) is 18.1. The number of carbonyl (C=O) groups is 2. The van der Waals surface area contributed by atoms with Gasteiger partial charge in [0.05, 0.1) is 13.2 Å². The van der Waals surface area contributed by atoms with E-state index in [1.54, 1.807) is 20.8 Å². The first-order chi connectivity index (χ1) is 12.5. The fourth-order valence-corrected chi connectivity index (χ4v) is 2.96. The Bertz CT molecular complexity index is 470. The Morgan fingerprint density at radius 3 is 2.19 bits per heavy atom. The standard InChI is InChI=1S/C20H39N3O4/c1-8-15(4)16(13-23-9-11-26-12-10-23)21-18(24)17(14(2)3)22-19(25)27-20(5,6)7/h14-17H,8-13H2,1-7H3,(H,21,24)(H,22,25)/t15?,16-,17-/m1/s1. The van der Waals surface area contributed by atoms with Gasteiger partial charge in [-0.2, -0.15) is 0 Å². The first-order valence-electron chi connectivity index (χ1n) is 10.1. The molecule has 1 fully saturated rings. The van der Waals surface area contributed by atoms with E-state index in [1.807, 2.05) is 13.8 Å². The number of hydrogen-bond acceptors (Lipinski definition) is 5. The van der Waals surface area contributed by atoms with E-state index >= 15 is 0 Å². The highest BCUT2D eigenvalue weighted by Crippen LogP contribution is 2.13. The fraction of sp³-hybridized carbons (Fsp3) is 0.900. The van der Waals surface area contributed by atoms with Crippen LogP contribution < -0.4 is 10.6 Å². The number of nitrogens with one attached hydrogen (secondary N) is 2. The predicted molar refractivity (Wildman–Crippen MR) is 107 cm³/mol. The molecule has 0 bridgehead atoms. The third kappa shape index (κ3) is 8.93. The van der Waals surface area contributed by atoms with Gasteiger partial charge in [0, 0.05) is 25.7 Å². The number of amides is 2. The van der Waals surface area contributed by atoms with E-state index in [0.717, 1.165) is 39.3 Å². The van der Waals surface area contributed by atoms with Crippen LogP contribution >= 0.6 is 0 Å². The molecule has 1 rings (SSSR count). The van der Waals surface area contributed by atoms with Crippen molar-refractivity contribution in [3.05, 3.63) is 0 Å². The summed E-state index contributed by atoms with van der Waals surface area (Å²) in [5, 5.41) is 5.90. The zero-order valence-corrected chi connectivity index (χ0v) is 18.1. The second kappa shape index (κ2) is 10.9. The van der Waals surface area contributed by atoms with Crippen LogP contribution in [-0.4, -0.2) is 67.4 Å². The molecule has 3 atom stereocenters. The van der Waals surface area contributed by atoms with E-state index < -0.39 is 17.7 Å². The van der Waals surface area contributed by atoms with Crippen molar-refractivity contribution in [1.82, 2.24) is 15.5 Å². The third-order valence-electron chi connectivity index (χ3n) is 4.84. The molecule has 0 saturated carbocycles. The first-order valence-corrected chi connectivity index (χ1v) is 10.1. The van der Waals surface area contributed by atoms with E-state index in [4.69, 9.17) is 9.47 Å². The Labute approximate surface area is 164 Å². The first kappa shape index (κ1) is 23.7. The maximum atomic E-state index is 12.9. The summed E-state index contributed by atoms with van der Waals surface area (Å²) in [5.41, 5.74) is -0.600. The Balaban J connectivity index is 2.74. The van der Waals surface area contributed by atoms with Crippen LogP contribution in [0.3, 0.4) is 0 Å². The van der Waals surface area contributed by atoms with Crippen LogP contribution in [-0.2, 0) is 14.3 Å². The molecular weight excluding hydrogens is 346 g/mol. The van der Waals surface area contributed by atoms with Crippen LogP contribution in [0, 0.1) is 11.8 Å². The molecule has 1 unspecified atom stereocenters. The Morgan fingerprint density at radius 2 is 1.70 bits per heavy atom. The molecule has 27 heavy (non-hydrogen) atoms. The number of carbonyl (C=O) groups excluding carboxylic acids is 2. The average molecular weight is 386 g/mol. The number of alkyl carbamates (subject to hydrolysis) is 1. The summed E-state index contributed by atoms with van der Waals surface area (Å²) >= 11 is 0. The molecule has 0 spiro atoms. The molecule has 158 valence electrons. The van der Waals surface area contributed by atoms with Crippen molar-refractivity contribution >= 4 is 12.0 Å². The van der Waals surface area contributed by atoms with Gasteiger partial charge in [-0.1, -0.05) is 34.1 Å². The largest absolute Gasteiger partial charge is 0.444 e. The smallest absolute Gasteiger partial charge is 0.408 e. The summed E-state index contributed by atoms with van der Waals surface area (Å²) < 4.78 is 10.7. The van der Waals surface area contributed by atoms with Gasteiger partial charge in [-0.15, -0.1) is 0 Å². The molecule has 0 radical (unpaired) electrons. The summed E-state index contributed by atoms with van der Waals surface area (Å²) in [6.45, 7) is 17.5. The van der Waals surface area contributed by atoms with Gasteiger partial charge in [-0.3, -0.25) is 9.69 Å². The SMILES string of the molecule is CCC(C)[C@@H](CN1CCOCC1)NC(=O)[C@H](NC(=O)OC(C)(C)C)C(C)C. The molecular formula is C20H39N3O4. The van der Waals surface area contributed by atoms with Gasteiger partial charge in [0.25, 0.3) is 0 Å². The second-order valence-corrected chi connectivity index (χ2v) is 8.78. The van der Waals surface area contributed by atoms with E-state index in [-0.39, 0.29) is 17.9 Å². The molecule has 0 aromatic heterocycles. The van der Waals surface area contributed by atoms with Crippen molar-refractivity contribution in [3.8, 4) is 0 Å². The number of morpholine rings is 1. The van der Waals surface area contributed by atoms with Gasteiger partial charge >= 0.3 is 6.09 Å². The lowest BCUT2D eigenvalue weighted by atomic mass is 9.96. The zero-order chi connectivity index (χ0) is 20.6. The lowest BCUT2D eigenvalue weighted by Gasteiger charge is -2.34. The Morgan fingerprint density at radius 1 is 1.11 bits per heavy atom. The molecule has 1 heterocycles. The molecule has 1 aliphatic heterocycles. The second-order valence-electron chi connectivity index (χ2n) is 8.78. The minimum atomic E-state index is -0.629. The van der Waals surface area contributed by atoms with Gasteiger partial charge in [0.2, 0.25) is 5.91 Å². The maximum absolute atomic E-state index is 12.9. The number of hydrogen-bond donors (Lipinski definition) is 2. The summed E-state index contributed by atoms with van der Waals surface area (Å²) in [6, 6.07) is -0.599. The molecule has 7 heteroatoms. The number of rotatable bonds is 8. The topological polar surface area (TPSA) is 79.9 Å². The van der Waals surface area contributed by atoms with Gasteiger partial charge < -0.3 is 20.1 Å². The molecule has 2 N–H and O–H groups in total. The highest BCUT2D eigenvalue weighted by Gasteiger charge is 2.30. The van der Waals surface area contributed by atoms with Gasteiger partial charge in [-0.05, 0) is 32.6 Å². The molecule has 7 nitrogen and oxygen atoms in total. The summed E-state index contributed by atoms with van der Waals surface area (Å²) in [6.07, 6.45) is 0.408. The van der Waals surface area contributed by atoms with Crippen molar-refractivity contribution in [1.29, 1.82) is 0 Å². The van der Waals surface area contributed by atoms with Crippen molar-refractivity contribution in [2.24, 2.45) is 11.8 Å². The maximum Gasteiger partial charge on any atom is 0.408 e. The van der Waals surface area contributed by atoms with Crippen LogP contribution in [0.5, 0.6) is 0 Å².